The van der Waals surface area contributed by atoms with E-state index in [4.69, 9.17) is 4.74 Å². The third-order valence-corrected chi connectivity index (χ3v) is 5.41. The van der Waals surface area contributed by atoms with Crippen molar-refractivity contribution in [3.8, 4) is 11.1 Å². The Morgan fingerprint density at radius 2 is 1.60 bits per heavy atom. The quantitative estimate of drug-likeness (QED) is 0.660. The fourth-order valence-electron chi connectivity index (χ4n) is 4.01. The molecule has 3 aromatic carbocycles. The summed E-state index contributed by atoms with van der Waals surface area (Å²) in [6, 6.07) is 19.7. The molecule has 1 amide bonds. The highest BCUT2D eigenvalue weighted by atomic mass is 19.1. The number of nitrogens with zero attached hydrogens (tertiary/aromatic N) is 1. The minimum atomic E-state index is -1.35. The second-order valence-corrected chi connectivity index (χ2v) is 7.21. The lowest BCUT2D eigenvalue weighted by Gasteiger charge is -2.25. The minimum absolute atomic E-state index is 0.0761. The molecule has 0 spiro atoms. The van der Waals surface area contributed by atoms with Gasteiger partial charge in [0.1, 0.15) is 12.4 Å². The molecule has 1 unspecified atom stereocenters. The molecule has 1 aliphatic carbocycles. The standard InChI is InChI=1S/C24H20FNO4/c1-26(22(23(27)28)15-7-6-8-16(25)13-15)24(29)30-14-21-19-11-4-2-9-17(19)18-10-3-5-12-20(18)21/h2-13,21-22H,14H2,1H3,(H,27,28). The van der Waals surface area contributed by atoms with E-state index in [2.05, 4.69) is 0 Å². The summed E-state index contributed by atoms with van der Waals surface area (Å²) < 4.78 is 19.1. The highest BCUT2D eigenvalue weighted by molar-refractivity contribution is 5.82. The molecule has 4 rings (SSSR count). The first kappa shape index (κ1) is 19.6. The Labute approximate surface area is 173 Å². The number of aliphatic carboxylic acids is 1. The van der Waals surface area contributed by atoms with Crippen molar-refractivity contribution in [3.63, 3.8) is 0 Å². The average molecular weight is 405 g/mol. The normalized spacial score (nSPS) is 13.3. The number of ether oxygens (including phenoxy) is 1. The number of carbonyl (C=O) groups excluding carboxylic acids is 1. The number of hydrogen-bond donors (Lipinski definition) is 1. The number of carbonyl (C=O) groups is 2. The van der Waals surface area contributed by atoms with Crippen LogP contribution >= 0.6 is 0 Å². The molecule has 0 aliphatic heterocycles. The molecule has 0 heterocycles. The molecule has 152 valence electrons. The van der Waals surface area contributed by atoms with Crippen LogP contribution in [0, 0.1) is 5.82 Å². The maximum Gasteiger partial charge on any atom is 0.410 e. The number of rotatable bonds is 5. The Bertz CT molecular complexity index is 1070. The van der Waals surface area contributed by atoms with E-state index in [-0.39, 0.29) is 18.1 Å². The van der Waals surface area contributed by atoms with Crippen molar-refractivity contribution >= 4 is 12.1 Å². The van der Waals surface area contributed by atoms with Gasteiger partial charge in [0.2, 0.25) is 0 Å². The van der Waals surface area contributed by atoms with Crippen LogP contribution in [-0.2, 0) is 9.53 Å². The lowest BCUT2D eigenvalue weighted by molar-refractivity contribution is -0.142. The third-order valence-electron chi connectivity index (χ3n) is 5.41. The molecule has 6 heteroatoms. The molecule has 30 heavy (non-hydrogen) atoms. The van der Waals surface area contributed by atoms with Crippen LogP contribution in [0.3, 0.4) is 0 Å². The van der Waals surface area contributed by atoms with Gasteiger partial charge in [-0.3, -0.25) is 4.90 Å². The van der Waals surface area contributed by atoms with Crippen LogP contribution in [0.25, 0.3) is 11.1 Å². The average Bonchev–Trinajstić information content (AvgIpc) is 3.06. The van der Waals surface area contributed by atoms with E-state index in [1.54, 1.807) is 0 Å². The Balaban J connectivity index is 1.54. The minimum Gasteiger partial charge on any atom is -0.479 e. The van der Waals surface area contributed by atoms with E-state index >= 15 is 0 Å². The Morgan fingerprint density at radius 1 is 1.00 bits per heavy atom. The van der Waals surface area contributed by atoms with Crippen LogP contribution in [0.5, 0.6) is 0 Å². The number of carboxylic acid groups (broad SMARTS) is 1. The topological polar surface area (TPSA) is 66.8 Å². The smallest absolute Gasteiger partial charge is 0.410 e. The zero-order valence-corrected chi connectivity index (χ0v) is 16.3. The van der Waals surface area contributed by atoms with Crippen molar-refractivity contribution in [2.75, 3.05) is 13.7 Å². The van der Waals surface area contributed by atoms with Gasteiger partial charge in [0, 0.05) is 13.0 Å². The number of amides is 1. The van der Waals surface area contributed by atoms with Crippen molar-refractivity contribution in [3.05, 3.63) is 95.3 Å². The van der Waals surface area contributed by atoms with Gasteiger partial charge in [0.15, 0.2) is 6.04 Å². The highest BCUT2D eigenvalue weighted by Gasteiger charge is 2.32. The largest absolute Gasteiger partial charge is 0.479 e. The SMILES string of the molecule is CN(C(=O)OCC1c2ccccc2-c2ccccc21)C(C(=O)O)c1cccc(F)c1. The van der Waals surface area contributed by atoms with Gasteiger partial charge in [-0.2, -0.15) is 0 Å². The molecule has 0 radical (unpaired) electrons. The molecular weight excluding hydrogens is 385 g/mol. The molecule has 1 atom stereocenters. The van der Waals surface area contributed by atoms with Crippen molar-refractivity contribution in [1.29, 1.82) is 0 Å². The number of hydrogen-bond acceptors (Lipinski definition) is 3. The summed E-state index contributed by atoms with van der Waals surface area (Å²) in [4.78, 5) is 25.4. The molecule has 0 bridgehead atoms. The van der Waals surface area contributed by atoms with Crippen molar-refractivity contribution in [1.82, 2.24) is 4.90 Å². The lowest BCUT2D eigenvalue weighted by atomic mass is 9.98. The first-order chi connectivity index (χ1) is 14.5. The first-order valence-electron chi connectivity index (χ1n) is 9.53. The van der Waals surface area contributed by atoms with Gasteiger partial charge in [-0.05, 0) is 39.9 Å². The number of fused-ring (bicyclic) bond motifs is 3. The number of carboxylic acids is 1. The van der Waals surface area contributed by atoms with Crippen LogP contribution in [0.1, 0.15) is 28.7 Å². The second kappa shape index (κ2) is 7.99. The van der Waals surface area contributed by atoms with Crippen LogP contribution in [0.15, 0.2) is 72.8 Å². The zero-order chi connectivity index (χ0) is 21.3. The summed E-state index contributed by atoms with van der Waals surface area (Å²) in [5, 5.41) is 9.61. The summed E-state index contributed by atoms with van der Waals surface area (Å²) in [5.74, 6) is -1.97. The second-order valence-electron chi connectivity index (χ2n) is 7.21. The van der Waals surface area contributed by atoms with Crippen LogP contribution in [0.2, 0.25) is 0 Å². The molecule has 0 saturated heterocycles. The van der Waals surface area contributed by atoms with Gasteiger partial charge >= 0.3 is 12.1 Å². The van der Waals surface area contributed by atoms with Gasteiger partial charge in [-0.1, -0.05) is 60.7 Å². The lowest BCUT2D eigenvalue weighted by Crippen LogP contribution is -2.36. The summed E-state index contributed by atoms with van der Waals surface area (Å²) in [6.07, 6.45) is -0.784. The van der Waals surface area contributed by atoms with E-state index in [1.165, 1.54) is 25.2 Å². The fraction of sp³-hybridized carbons (Fsp3) is 0.167. The predicted molar refractivity (Wildman–Crippen MR) is 110 cm³/mol. The van der Waals surface area contributed by atoms with Gasteiger partial charge < -0.3 is 9.84 Å². The van der Waals surface area contributed by atoms with E-state index in [0.717, 1.165) is 33.2 Å². The highest BCUT2D eigenvalue weighted by Crippen LogP contribution is 2.44. The van der Waals surface area contributed by atoms with Crippen LogP contribution in [0.4, 0.5) is 9.18 Å². The van der Waals surface area contributed by atoms with E-state index < -0.39 is 23.9 Å². The van der Waals surface area contributed by atoms with Crippen LogP contribution < -0.4 is 0 Å². The maximum atomic E-state index is 13.6. The summed E-state index contributed by atoms with van der Waals surface area (Å²) >= 11 is 0. The Kier molecular flexibility index (Phi) is 5.23. The van der Waals surface area contributed by atoms with E-state index in [1.807, 2.05) is 48.5 Å². The molecule has 5 nitrogen and oxygen atoms in total. The number of benzene rings is 3. The molecule has 0 fully saturated rings. The molecule has 1 aliphatic rings. The van der Waals surface area contributed by atoms with Crippen molar-refractivity contribution in [2.45, 2.75) is 12.0 Å². The molecule has 0 saturated carbocycles. The van der Waals surface area contributed by atoms with Crippen LogP contribution in [-0.4, -0.2) is 35.7 Å². The van der Waals surface area contributed by atoms with Gasteiger partial charge in [-0.25, -0.2) is 14.0 Å². The molecule has 0 aromatic heterocycles. The molecule has 3 aromatic rings. The zero-order valence-electron chi connectivity index (χ0n) is 16.3. The summed E-state index contributed by atoms with van der Waals surface area (Å²) in [7, 11) is 1.34. The third kappa shape index (κ3) is 3.52. The van der Waals surface area contributed by atoms with Crippen molar-refractivity contribution < 1.29 is 23.8 Å². The van der Waals surface area contributed by atoms with E-state index in [0.29, 0.717) is 0 Å². The summed E-state index contributed by atoms with van der Waals surface area (Å²) in [5.41, 5.74) is 4.50. The predicted octanol–water partition coefficient (Wildman–Crippen LogP) is 4.83. The van der Waals surface area contributed by atoms with Gasteiger partial charge in [0.05, 0.1) is 0 Å². The monoisotopic (exact) mass is 405 g/mol. The molecular formula is C24H20FNO4. The van der Waals surface area contributed by atoms with Crippen molar-refractivity contribution in [2.24, 2.45) is 0 Å². The molecule has 1 N–H and O–H groups in total. The Hall–Kier alpha value is -3.67. The maximum absolute atomic E-state index is 13.6. The first-order valence-corrected chi connectivity index (χ1v) is 9.53. The van der Waals surface area contributed by atoms with Gasteiger partial charge in [0.25, 0.3) is 0 Å². The number of likely N-dealkylation sites (N-methyl/N-ethyl adjacent to an activating group) is 1. The summed E-state index contributed by atoms with van der Waals surface area (Å²) in [6.45, 7) is 0.0761. The Morgan fingerprint density at radius 3 is 2.17 bits per heavy atom. The number of halogens is 1. The van der Waals surface area contributed by atoms with Gasteiger partial charge in [-0.15, -0.1) is 0 Å². The van der Waals surface area contributed by atoms with E-state index in [9.17, 15) is 19.1 Å². The fourth-order valence-corrected chi connectivity index (χ4v) is 4.01.